The van der Waals surface area contributed by atoms with E-state index in [0.29, 0.717) is 39.9 Å². The van der Waals surface area contributed by atoms with Gasteiger partial charge in [-0.15, -0.1) is 10.2 Å². The van der Waals surface area contributed by atoms with Gasteiger partial charge in [-0.3, -0.25) is 0 Å². The Labute approximate surface area is 212 Å². The molecule has 0 aliphatic rings. The first-order valence-corrected chi connectivity index (χ1v) is 12.3. The van der Waals surface area contributed by atoms with Gasteiger partial charge in [0.25, 0.3) is 0 Å². The highest BCUT2D eigenvalue weighted by Crippen LogP contribution is 2.30. The van der Waals surface area contributed by atoms with Gasteiger partial charge in [0.15, 0.2) is 11.5 Å². The van der Waals surface area contributed by atoms with Gasteiger partial charge in [0.05, 0.1) is 12.8 Å². The fourth-order valence-electron chi connectivity index (χ4n) is 3.01. The first kappa shape index (κ1) is 24.1. The number of hydrogen-bond acceptors (Lipinski definition) is 6. The Morgan fingerprint density at radius 1 is 1.00 bits per heavy atom. The van der Waals surface area contributed by atoms with Gasteiger partial charge in [0, 0.05) is 21.4 Å². The Hall–Kier alpha value is -3.00. The average Bonchev–Trinajstić information content (AvgIpc) is 3.30. The highest BCUT2D eigenvalue weighted by atomic mass is 35.5. The predicted octanol–water partition coefficient (Wildman–Crippen LogP) is 6.74. The summed E-state index contributed by atoms with van der Waals surface area (Å²) in [7, 11) is 0. The molecule has 0 N–H and O–H groups in total. The Bertz CT molecular complexity index is 1260. The standard InChI is InChI=1S/C25H22Cl2N4O2S/c1-2-32-24-13-19(9-12-23(24)33-15-20-5-3-4-6-22(20)27)14-29-31-17-28-30-25(31)34-16-18-7-10-21(26)11-8-18/h3-14,17H,2,15-16H2,1H3/b29-14+. The number of aromatic nitrogens is 3. The maximum Gasteiger partial charge on any atom is 0.212 e. The lowest BCUT2D eigenvalue weighted by Gasteiger charge is -2.13. The van der Waals surface area contributed by atoms with E-state index < -0.39 is 0 Å². The lowest BCUT2D eigenvalue weighted by molar-refractivity contribution is 0.269. The average molecular weight is 513 g/mol. The number of hydrogen-bond donors (Lipinski definition) is 0. The number of benzene rings is 3. The highest BCUT2D eigenvalue weighted by molar-refractivity contribution is 7.98. The molecule has 0 aliphatic carbocycles. The molecule has 9 heteroatoms. The van der Waals surface area contributed by atoms with Crippen LogP contribution in [0.25, 0.3) is 0 Å². The summed E-state index contributed by atoms with van der Waals surface area (Å²) in [5, 5.41) is 14.7. The topological polar surface area (TPSA) is 61.5 Å². The summed E-state index contributed by atoms with van der Waals surface area (Å²) in [4.78, 5) is 0. The van der Waals surface area contributed by atoms with Crippen molar-refractivity contribution in [3.63, 3.8) is 0 Å². The molecule has 0 saturated heterocycles. The van der Waals surface area contributed by atoms with E-state index in [2.05, 4.69) is 15.3 Å². The lowest BCUT2D eigenvalue weighted by atomic mass is 10.2. The zero-order chi connectivity index (χ0) is 23.8. The van der Waals surface area contributed by atoms with Crippen LogP contribution in [0.3, 0.4) is 0 Å². The molecule has 0 amide bonds. The molecule has 3 aromatic carbocycles. The molecule has 34 heavy (non-hydrogen) atoms. The zero-order valence-electron chi connectivity index (χ0n) is 18.4. The van der Waals surface area contributed by atoms with Crippen molar-refractivity contribution < 1.29 is 9.47 Å². The van der Waals surface area contributed by atoms with Crippen LogP contribution in [0.4, 0.5) is 0 Å². The third-order valence-electron chi connectivity index (χ3n) is 4.72. The molecule has 0 spiro atoms. The van der Waals surface area contributed by atoms with Crippen molar-refractivity contribution in [1.29, 1.82) is 0 Å². The van der Waals surface area contributed by atoms with Crippen molar-refractivity contribution in [2.45, 2.75) is 24.4 Å². The SMILES string of the molecule is CCOc1cc(/C=N/n2cnnc2SCc2ccc(Cl)cc2)ccc1OCc1ccccc1Cl. The molecule has 4 aromatic rings. The Kier molecular flexibility index (Phi) is 8.46. The lowest BCUT2D eigenvalue weighted by Crippen LogP contribution is -2.01. The largest absolute Gasteiger partial charge is 0.490 e. The van der Waals surface area contributed by atoms with Crippen LogP contribution >= 0.6 is 35.0 Å². The predicted molar refractivity (Wildman–Crippen MR) is 137 cm³/mol. The van der Waals surface area contributed by atoms with E-state index in [1.54, 1.807) is 29.0 Å². The molecule has 6 nitrogen and oxygen atoms in total. The molecular weight excluding hydrogens is 491 g/mol. The second-order valence-electron chi connectivity index (χ2n) is 7.14. The third kappa shape index (κ3) is 6.53. The minimum atomic E-state index is 0.349. The molecule has 1 aromatic heterocycles. The summed E-state index contributed by atoms with van der Waals surface area (Å²) < 4.78 is 13.4. The third-order valence-corrected chi connectivity index (χ3v) is 6.35. The van der Waals surface area contributed by atoms with Crippen LogP contribution in [0, 0.1) is 0 Å². The summed E-state index contributed by atoms with van der Waals surface area (Å²) in [6.07, 6.45) is 3.31. The first-order chi connectivity index (χ1) is 16.6. The Morgan fingerprint density at radius 3 is 2.62 bits per heavy atom. The summed E-state index contributed by atoms with van der Waals surface area (Å²) in [6.45, 7) is 2.79. The van der Waals surface area contributed by atoms with Crippen LogP contribution in [0.1, 0.15) is 23.6 Å². The number of rotatable bonds is 10. The first-order valence-electron chi connectivity index (χ1n) is 10.6. The summed E-state index contributed by atoms with van der Waals surface area (Å²) >= 11 is 13.7. The van der Waals surface area contributed by atoms with Gasteiger partial charge in [-0.25, -0.2) is 0 Å². The summed E-state index contributed by atoms with van der Waals surface area (Å²) in [5.74, 6) is 2.01. The molecule has 0 fully saturated rings. The van der Waals surface area contributed by atoms with Gasteiger partial charge >= 0.3 is 0 Å². The maximum atomic E-state index is 6.23. The molecule has 0 bridgehead atoms. The molecule has 174 valence electrons. The van der Waals surface area contributed by atoms with E-state index in [1.165, 1.54) is 0 Å². The van der Waals surface area contributed by atoms with Gasteiger partial charge in [0.2, 0.25) is 5.16 Å². The molecule has 4 rings (SSSR count). The van der Waals surface area contributed by atoms with Crippen LogP contribution < -0.4 is 9.47 Å². The van der Waals surface area contributed by atoms with Crippen molar-refractivity contribution in [3.8, 4) is 11.5 Å². The summed E-state index contributed by atoms with van der Waals surface area (Å²) in [5.41, 5.74) is 2.91. The second kappa shape index (κ2) is 11.9. The monoisotopic (exact) mass is 512 g/mol. The van der Waals surface area contributed by atoms with E-state index in [0.717, 1.165) is 22.4 Å². The number of thioether (sulfide) groups is 1. The van der Waals surface area contributed by atoms with E-state index in [4.69, 9.17) is 32.7 Å². The van der Waals surface area contributed by atoms with Crippen molar-refractivity contribution in [2.75, 3.05) is 6.61 Å². The maximum absolute atomic E-state index is 6.23. The molecule has 0 saturated carbocycles. The minimum Gasteiger partial charge on any atom is -0.490 e. The van der Waals surface area contributed by atoms with Crippen molar-refractivity contribution >= 4 is 41.2 Å². The van der Waals surface area contributed by atoms with Crippen molar-refractivity contribution in [1.82, 2.24) is 14.9 Å². The molecule has 0 aliphatic heterocycles. The molecule has 0 radical (unpaired) electrons. The van der Waals surface area contributed by atoms with Gasteiger partial charge < -0.3 is 9.47 Å². The minimum absolute atomic E-state index is 0.349. The smallest absolute Gasteiger partial charge is 0.212 e. The van der Waals surface area contributed by atoms with Crippen molar-refractivity contribution in [3.05, 3.63) is 99.8 Å². The molecule has 0 atom stereocenters. The van der Waals surface area contributed by atoms with E-state index in [1.807, 2.05) is 73.7 Å². The number of halogens is 2. The molecule has 1 heterocycles. The molecule has 0 unspecified atom stereocenters. The van der Waals surface area contributed by atoms with Gasteiger partial charge in [0.1, 0.15) is 12.9 Å². The van der Waals surface area contributed by atoms with E-state index >= 15 is 0 Å². The van der Waals surface area contributed by atoms with Crippen LogP contribution in [0.2, 0.25) is 10.0 Å². The van der Waals surface area contributed by atoms with Crippen molar-refractivity contribution in [2.24, 2.45) is 5.10 Å². The van der Waals surface area contributed by atoms with Crippen LogP contribution in [0.5, 0.6) is 11.5 Å². The highest BCUT2D eigenvalue weighted by Gasteiger charge is 2.09. The number of ether oxygens (including phenoxy) is 2. The fourth-order valence-corrected chi connectivity index (χ4v) is 4.15. The fraction of sp³-hybridized carbons (Fsp3) is 0.160. The van der Waals surface area contributed by atoms with Gasteiger partial charge in [-0.05, 0) is 54.4 Å². The zero-order valence-corrected chi connectivity index (χ0v) is 20.7. The van der Waals surface area contributed by atoms with Crippen LogP contribution in [-0.4, -0.2) is 27.7 Å². The summed E-state index contributed by atoms with van der Waals surface area (Å²) in [6, 6.07) is 21.0. The number of nitrogens with zero attached hydrogens (tertiary/aromatic N) is 4. The van der Waals surface area contributed by atoms with Crippen LogP contribution in [0.15, 0.2) is 83.3 Å². The Balaban J connectivity index is 1.44. The Morgan fingerprint density at radius 2 is 1.82 bits per heavy atom. The van der Waals surface area contributed by atoms with E-state index in [-0.39, 0.29) is 0 Å². The normalized spacial score (nSPS) is 11.1. The van der Waals surface area contributed by atoms with Gasteiger partial charge in [-0.1, -0.05) is 65.3 Å². The van der Waals surface area contributed by atoms with Gasteiger partial charge in [-0.2, -0.15) is 9.78 Å². The molecular formula is C25H22Cl2N4O2S. The second-order valence-corrected chi connectivity index (χ2v) is 8.92. The quantitative estimate of drug-likeness (QED) is 0.174. The van der Waals surface area contributed by atoms with Crippen LogP contribution in [-0.2, 0) is 12.4 Å². The van der Waals surface area contributed by atoms with E-state index in [9.17, 15) is 0 Å².